The molecule has 2 aromatic rings. The number of carbonyl (C=O) groups is 2. The van der Waals surface area contributed by atoms with Crippen LogP contribution in [0.5, 0.6) is 11.5 Å². The number of phenolic OH excluding ortho intramolecular Hbond substituents is 2. The van der Waals surface area contributed by atoms with Gasteiger partial charge in [0.05, 0.1) is 11.1 Å². The van der Waals surface area contributed by atoms with Crippen molar-refractivity contribution in [1.29, 1.82) is 0 Å². The van der Waals surface area contributed by atoms with Crippen LogP contribution in [0.3, 0.4) is 0 Å². The van der Waals surface area contributed by atoms with Gasteiger partial charge in [0.25, 0.3) is 0 Å². The Morgan fingerprint density at radius 3 is 1.62 bits per heavy atom. The van der Waals surface area contributed by atoms with Crippen LogP contribution in [-0.2, 0) is 9.47 Å². The maximum atomic E-state index is 12.2. The molecule has 0 spiro atoms. The Kier molecular flexibility index (Phi) is 7.02. The second-order valence-corrected chi connectivity index (χ2v) is 5.83. The number of unbranched alkanes of at least 4 members (excludes halogenated alkanes) is 2. The molecule has 6 heteroatoms. The highest BCUT2D eigenvalue weighted by Gasteiger charge is 2.21. The van der Waals surface area contributed by atoms with Gasteiger partial charge in [0, 0.05) is 6.42 Å². The molecule has 0 saturated heterocycles. The summed E-state index contributed by atoms with van der Waals surface area (Å²) in [5.74, 6) is -1.19. The largest absolute Gasteiger partial charge is 0.508 e. The van der Waals surface area contributed by atoms with Crippen molar-refractivity contribution < 1.29 is 29.3 Å². The van der Waals surface area contributed by atoms with Gasteiger partial charge in [-0.15, -0.1) is 0 Å². The number of phenols is 2. The number of rotatable bonds is 8. The third-order valence-corrected chi connectivity index (χ3v) is 3.73. The van der Waals surface area contributed by atoms with E-state index in [1.807, 2.05) is 6.92 Å². The van der Waals surface area contributed by atoms with Gasteiger partial charge in [-0.05, 0) is 55.0 Å². The van der Waals surface area contributed by atoms with E-state index < -0.39 is 18.2 Å². The lowest BCUT2D eigenvalue weighted by atomic mass is 10.2. The summed E-state index contributed by atoms with van der Waals surface area (Å²) in [6.07, 6.45) is 2.02. The zero-order valence-corrected chi connectivity index (χ0v) is 14.6. The maximum Gasteiger partial charge on any atom is 0.341 e. The fourth-order valence-corrected chi connectivity index (χ4v) is 2.27. The first-order valence-electron chi connectivity index (χ1n) is 8.49. The van der Waals surface area contributed by atoms with Crippen molar-refractivity contribution >= 4 is 11.9 Å². The van der Waals surface area contributed by atoms with E-state index in [0.29, 0.717) is 6.42 Å². The molecule has 2 N–H and O–H groups in total. The number of ether oxygens (including phenoxy) is 2. The molecule has 0 aliphatic carbocycles. The van der Waals surface area contributed by atoms with Crippen molar-refractivity contribution in [3.05, 3.63) is 59.7 Å². The van der Waals surface area contributed by atoms with Gasteiger partial charge >= 0.3 is 11.9 Å². The summed E-state index contributed by atoms with van der Waals surface area (Å²) in [4.78, 5) is 24.5. The topological polar surface area (TPSA) is 93.1 Å². The SMILES string of the molecule is CCCCCC(OC(=O)c1ccc(O)cc1)OC(=O)c1ccc(O)cc1. The number of aromatic hydroxyl groups is 2. The molecular formula is C20H22O6. The predicted octanol–water partition coefficient (Wildman–Crippen LogP) is 4.02. The van der Waals surface area contributed by atoms with Crippen molar-refractivity contribution in [3.8, 4) is 11.5 Å². The Morgan fingerprint density at radius 2 is 1.23 bits per heavy atom. The number of benzene rings is 2. The monoisotopic (exact) mass is 358 g/mol. The van der Waals surface area contributed by atoms with Crippen molar-refractivity contribution in [2.75, 3.05) is 0 Å². The first-order chi connectivity index (χ1) is 12.5. The lowest BCUT2D eigenvalue weighted by Crippen LogP contribution is -2.25. The number of carbonyl (C=O) groups excluding carboxylic acids is 2. The summed E-state index contributed by atoms with van der Waals surface area (Å²) < 4.78 is 10.7. The summed E-state index contributed by atoms with van der Waals surface area (Å²) in [6.45, 7) is 2.04. The van der Waals surface area contributed by atoms with Gasteiger partial charge in [0.2, 0.25) is 6.29 Å². The molecule has 0 heterocycles. The first-order valence-corrected chi connectivity index (χ1v) is 8.49. The van der Waals surface area contributed by atoms with Crippen molar-refractivity contribution in [2.45, 2.75) is 38.9 Å². The summed E-state index contributed by atoms with van der Waals surface area (Å²) >= 11 is 0. The molecule has 0 bridgehead atoms. The van der Waals surface area contributed by atoms with E-state index in [2.05, 4.69) is 0 Å². The minimum Gasteiger partial charge on any atom is -0.508 e. The molecule has 0 unspecified atom stereocenters. The highest BCUT2D eigenvalue weighted by molar-refractivity contribution is 5.91. The molecule has 0 aliphatic heterocycles. The molecule has 0 aromatic heterocycles. The second-order valence-electron chi connectivity index (χ2n) is 5.83. The molecule has 0 radical (unpaired) electrons. The standard InChI is InChI=1S/C20H22O6/c1-2-3-4-5-18(25-19(23)14-6-10-16(21)11-7-14)26-20(24)15-8-12-17(22)13-9-15/h6-13,18,21-22H,2-5H2,1H3. The van der Waals surface area contributed by atoms with Crippen LogP contribution in [0, 0.1) is 0 Å². The van der Waals surface area contributed by atoms with Crippen LogP contribution >= 0.6 is 0 Å². The van der Waals surface area contributed by atoms with E-state index >= 15 is 0 Å². The van der Waals surface area contributed by atoms with Crippen LogP contribution < -0.4 is 0 Å². The van der Waals surface area contributed by atoms with E-state index in [1.165, 1.54) is 48.5 Å². The summed E-state index contributed by atoms with van der Waals surface area (Å²) in [5.41, 5.74) is 0.507. The second kappa shape index (κ2) is 9.46. The molecular weight excluding hydrogens is 336 g/mol. The minimum absolute atomic E-state index is 0.0415. The molecule has 138 valence electrons. The van der Waals surface area contributed by atoms with E-state index in [9.17, 15) is 19.8 Å². The molecule has 2 aromatic carbocycles. The average Bonchev–Trinajstić information content (AvgIpc) is 2.62. The molecule has 0 aliphatic rings. The molecule has 0 fully saturated rings. The van der Waals surface area contributed by atoms with Gasteiger partial charge in [-0.25, -0.2) is 9.59 Å². The lowest BCUT2D eigenvalue weighted by Gasteiger charge is -2.18. The molecule has 26 heavy (non-hydrogen) atoms. The summed E-state index contributed by atoms with van der Waals surface area (Å²) in [5, 5.41) is 18.6. The van der Waals surface area contributed by atoms with Gasteiger partial charge < -0.3 is 19.7 Å². The minimum atomic E-state index is -1.01. The third-order valence-electron chi connectivity index (χ3n) is 3.73. The molecule has 0 saturated carbocycles. The fraction of sp³-hybridized carbons (Fsp3) is 0.300. The Labute approximate surface area is 152 Å². The van der Waals surface area contributed by atoms with Gasteiger partial charge in [0.15, 0.2) is 0 Å². The highest BCUT2D eigenvalue weighted by atomic mass is 16.7. The zero-order chi connectivity index (χ0) is 18.9. The summed E-state index contributed by atoms with van der Waals surface area (Å²) in [7, 11) is 0. The van der Waals surface area contributed by atoms with Crippen LogP contribution in [0.15, 0.2) is 48.5 Å². The van der Waals surface area contributed by atoms with E-state index in [1.54, 1.807) is 0 Å². The van der Waals surface area contributed by atoms with Crippen LogP contribution in [0.2, 0.25) is 0 Å². The lowest BCUT2D eigenvalue weighted by molar-refractivity contribution is -0.0837. The molecule has 6 nitrogen and oxygen atoms in total. The fourth-order valence-electron chi connectivity index (χ4n) is 2.27. The summed E-state index contributed by atoms with van der Waals surface area (Å²) in [6, 6.07) is 11.3. The van der Waals surface area contributed by atoms with Gasteiger partial charge in [-0.1, -0.05) is 19.8 Å². The van der Waals surface area contributed by atoms with Gasteiger partial charge in [-0.2, -0.15) is 0 Å². The van der Waals surface area contributed by atoms with Gasteiger partial charge in [0.1, 0.15) is 11.5 Å². The van der Waals surface area contributed by atoms with Crippen LogP contribution in [0.4, 0.5) is 0 Å². The third kappa shape index (κ3) is 5.81. The highest BCUT2D eigenvalue weighted by Crippen LogP contribution is 2.17. The number of esters is 2. The van der Waals surface area contributed by atoms with Crippen molar-refractivity contribution in [3.63, 3.8) is 0 Å². The first kappa shape index (κ1) is 19.3. The van der Waals surface area contributed by atoms with Crippen molar-refractivity contribution in [1.82, 2.24) is 0 Å². The Hall–Kier alpha value is -3.02. The van der Waals surface area contributed by atoms with Crippen LogP contribution in [0.1, 0.15) is 53.3 Å². The van der Waals surface area contributed by atoms with E-state index in [-0.39, 0.29) is 22.6 Å². The Balaban J connectivity index is 2.04. The Morgan fingerprint density at radius 1 is 0.808 bits per heavy atom. The predicted molar refractivity (Wildman–Crippen MR) is 95.0 cm³/mol. The maximum absolute atomic E-state index is 12.2. The molecule has 2 rings (SSSR count). The quantitative estimate of drug-likeness (QED) is 0.421. The molecule has 0 atom stereocenters. The number of hydrogen-bond acceptors (Lipinski definition) is 6. The van der Waals surface area contributed by atoms with Gasteiger partial charge in [-0.3, -0.25) is 0 Å². The zero-order valence-electron chi connectivity index (χ0n) is 14.6. The van der Waals surface area contributed by atoms with E-state index in [4.69, 9.17) is 9.47 Å². The average molecular weight is 358 g/mol. The van der Waals surface area contributed by atoms with Crippen molar-refractivity contribution in [2.24, 2.45) is 0 Å². The molecule has 0 amide bonds. The normalized spacial score (nSPS) is 10.5. The smallest absolute Gasteiger partial charge is 0.341 e. The Bertz CT molecular complexity index is 661. The van der Waals surface area contributed by atoms with Crippen LogP contribution in [-0.4, -0.2) is 28.4 Å². The number of hydrogen-bond donors (Lipinski definition) is 2. The van der Waals surface area contributed by atoms with E-state index in [0.717, 1.165) is 19.3 Å². The van der Waals surface area contributed by atoms with Crippen LogP contribution in [0.25, 0.3) is 0 Å².